The summed E-state index contributed by atoms with van der Waals surface area (Å²) in [7, 11) is -3.63. The maximum Gasteiger partial charge on any atom is 0.252 e. The molecular formula is C22H27FN2O3S. The topological polar surface area (TPSA) is 66.5 Å². The fourth-order valence-corrected chi connectivity index (χ4v) is 5.09. The number of hydrogen-bond donors (Lipinski definition) is 1. The molecule has 7 heteroatoms. The minimum absolute atomic E-state index is 0.143. The lowest BCUT2D eigenvalue weighted by Crippen LogP contribution is -2.32. The van der Waals surface area contributed by atoms with Gasteiger partial charge in [-0.1, -0.05) is 31.0 Å². The number of rotatable bonds is 5. The van der Waals surface area contributed by atoms with E-state index in [1.54, 1.807) is 38.1 Å². The Balaban J connectivity index is 1.82. The lowest BCUT2D eigenvalue weighted by molar-refractivity contribution is 0.0939. The van der Waals surface area contributed by atoms with E-state index in [0.717, 1.165) is 31.2 Å². The smallest absolute Gasteiger partial charge is 0.252 e. The van der Waals surface area contributed by atoms with Crippen molar-refractivity contribution in [1.82, 2.24) is 9.62 Å². The largest absolute Gasteiger partial charge is 0.346 e. The molecule has 29 heavy (non-hydrogen) atoms. The van der Waals surface area contributed by atoms with E-state index in [9.17, 15) is 17.6 Å². The lowest BCUT2D eigenvalue weighted by atomic mass is 10.1. The maximum atomic E-state index is 13.1. The average Bonchev–Trinajstić information content (AvgIpc) is 2.98. The number of nitrogens with one attached hydrogen (secondary N) is 1. The molecule has 1 aliphatic heterocycles. The van der Waals surface area contributed by atoms with Gasteiger partial charge in [-0.2, -0.15) is 4.31 Å². The highest BCUT2D eigenvalue weighted by atomic mass is 32.2. The second-order valence-corrected chi connectivity index (χ2v) is 9.48. The number of carbonyl (C=O) groups is 1. The Bertz CT molecular complexity index is 966. The van der Waals surface area contributed by atoms with Crippen LogP contribution in [0.15, 0.2) is 47.4 Å². The Morgan fingerprint density at radius 2 is 1.66 bits per heavy atom. The second-order valence-electron chi connectivity index (χ2n) is 7.54. The first kappa shape index (κ1) is 21.5. The molecule has 3 rings (SSSR count). The normalized spacial score (nSPS) is 16.8. The quantitative estimate of drug-likeness (QED) is 0.792. The van der Waals surface area contributed by atoms with Crippen molar-refractivity contribution >= 4 is 15.9 Å². The molecule has 156 valence electrons. The summed E-state index contributed by atoms with van der Waals surface area (Å²) in [5.74, 6) is -0.693. The molecule has 1 heterocycles. The molecule has 0 saturated carbocycles. The van der Waals surface area contributed by atoms with Gasteiger partial charge in [-0.25, -0.2) is 12.8 Å². The van der Waals surface area contributed by atoms with E-state index in [0.29, 0.717) is 24.2 Å². The average molecular weight is 419 g/mol. The molecule has 1 atom stereocenters. The maximum absolute atomic E-state index is 13.1. The third-order valence-electron chi connectivity index (χ3n) is 5.37. The number of benzene rings is 2. The Kier molecular flexibility index (Phi) is 6.70. The molecular weight excluding hydrogens is 391 g/mol. The number of nitrogens with zero attached hydrogens (tertiary/aromatic N) is 1. The van der Waals surface area contributed by atoms with Crippen LogP contribution in [0.1, 0.15) is 60.1 Å². The first-order valence-electron chi connectivity index (χ1n) is 9.96. The summed E-state index contributed by atoms with van der Waals surface area (Å²) in [6.45, 7) is 4.61. The zero-order chi connectivity index (χ0) is 21.0. The highest BCUT2D eigenvalue weighted by Crippen LogP contribution is 2.23. The van der Waals surface area contributed by atoms with Crippen molar-refractivity contribution in [3.05, 3.63) is 65.0 Å². The van der Waals surface area contributed by atoms with E-state index < -0.39 is 10.0 Å². The Morgan fingerprint density at radius 1 is 1.03 bits per heavy atom. The SMILES string of the molecule is Cc1ccc(S(=O)(=O)N2CCCCCC2)cc1C(=O)N[C@H](C)c1ccc(F)cc1. The van der Waals surface area contributed by atoms with Crippen molar-refractivity contribution < 1.29 is 17.6 Å². The first-order valence-corrected chi connectivity index (χ1v) is 11.4. The number of hydrogen-bond acceptors (Lipinski definition) is 3. The van der Waals surface area contributed by atoms with Crippen LogP contribution in [0, 0.1) is 12.7 Å². The summed E-state index contributed by atoms with van der Waals surface area (Å²) in [6.07, 6.45) is 3.78. The summed E-state index contributed by atoms with van der Waals surface area (Å²) in [4.78, 5) is 13.0. The number of sulfonamides is 1. The highest BCUT2D eigenvalue weighted by molar-refractivity contribution is 7.89. The fraction of sp³-hybridized carbons (Fsp3) is 0.409. The summed E-state index contributed by atoms with van der Waals surface area (Å²) in [6, 6.07) is 10.3. The number of carbonyl (C=O) groups excluding carboxylic acids is 1. The minimum atomic E-state index is -3.63. The summed E-state index contributed by atoms with van der Waals surface area (Å²) >= 11 is 0. The van der Waals surface area contributed by atoms with Crippen LogP contribution in [0.2, 0.25) is 0 Å². The minimum Gasteiger partial charge on any atom is -0.346 e. The van der Waals surface area contributed by atoms with Crippen molar-refractivity contribution in [3.8, 4) is 0 Å². The predicted octanol–water partition coefficient (Wildman–Crippen LogP) is 4.19. The molecule has 1 N–H and O–H groups in total. The Morgan fingerprint density at radius 3 is 2.28 bits per heavy atom. The molecule has 2 aromatic rings. The van der Waals surface area contributed by atoms with Crippen LogP contribution in [0.5, 0.6) is 0 Å². The molecule has 0 unspecified atom stereocenters. The lowest BCUT2D eigenvalue weighted by Gasteiger charge is -2.21. The molecule has 1 aliphatic rings. The van der Waals surface area contributed by atoms with Gasteiger partial charge in [0.05, 0.1) is 10.9 Å². The fourth-order valence-electron chi connectivity index (χ4n) is 3.55. The van der Waals surface area contributed by atoms with E-state index in [4.69, 9.17) is 0 Å². The van der Waals surface area contributed by atoms with E-state index in [2.05, 4.69) is 5.32 Å². The number of aryl methyl sites for hydroxylation is 1. The molecule has 0 aliphatic carbocycles. The van der Waals surface area contributed by atoms with Crippen LogP contribution >= 0.6 is 0 Å². The molecule has 1 saturated heterocycles. The summed E-state index contributed by atoms with van der Waals surface area (Å²) in [5, 5.41) is 2.87. The van der Waals surface area contributed by atoms with Gasteiger partial charge in [-0.15, -0.1) is 0 Å². The van der Waals surface area contributed by atoms with Crippen LogP contribution in [-0.2, 0) is 10.0 Å². The van der Waals surface area contributed by atoms with Gasteiger partial charge in [0, 0.05) is 18.7 Å². The molecule has 0 aromatic heterocycles. The predicted molar refractivity (Wildman–Crippen MR) is 111 cm³/mol. The van der Waals surface area contributed by atoms with Crippen LogP contribution in [0.4, 0.5) is 4.39 Å². The molecule has 0 radical (unpaired) electrons. The van der Waals surface area contributed by atoms with E-state index in [1.165, 1.54) is 22.5 Å². The van der Waals surface area contributed by atoms with Crippen molar-refractivity contribution in [2.75, 3.05) is 13.1 Å². The van der Waals surface area contributed by atoms with Gasteiger partial charge >= 0.3 is 0 Å². The van der Waals surface area contributed by atoms with Gasteiger partial charge in [-0.05, 0) is 62.1 Å². The highest BCUT2D eigenvalue weighted by Gasteiger charge is 2.26. The van der Waals surface area contributed by atoms with Gasteiger partial charge in [0.15, 0.2) is 0 Å². The van der Waals surface area contributed by atoms with Crippen molar-refractivity contribution in [2.24, 2.45) is 0 Å². The van der Waals surface area contributed by atoms with Crippen LogP contribution in [-0.4, -0.2) is 31.7 Å². The second kappa shape index (κ2) is 9.05. The molecule has 0 bridgehead atoms. The Hall–Kier alpha value is -2.25. The first-order chi connectivity index (χ1) is 13.8. The standard InChI is InChI=1S/C22H27FN2O3S/c1-16-7-12-20(29(27,28)25-13-5-3-4-6-14-25)15-21(16)22(26)24-17(2)18-8-10-19(23)11-9-18/h7-12,15,17H,3-6,13-14H2,1-2H3,(H,24,26)/t17-/m1/s1. The monoisotopic (exact) mass is 418 g/mol. The molecule has 1 fully saturated rings. The van der Waals surface area contributed by atoms with Gasteiger partial charge in [0.2, 0.25) is 10.0 Å². The third kappa shape index (κ3) is 5.03. The van der Waals surface area contributed by atoms with Gasteiger partial charge in [0.1, 0.15) is 5.82 Å². The van der Waals surface area contributed by atoms with E-state index in [1.807, 2.05) is 0 Å². The zero-order valence-corrected chi connectivity index (χ0v) is 17.6. The summed E-state index contributed by atoms with van der Waals surface area (Å²) < 4.78 is 40.8. The van der Waals surface area contributed by atoms with Crippen molar-refractivity contribution in [2.45, 2.75) is 50.5 Å². The van der Waals surface area contributed by atoms with Crippen molar-refractivity contribution in [3.63, 3.8) is 0 Å². The van der Waals surface area contributed by atoms with Gasteiger partial charge in [0.25, 0.3) is 5.91 Å². The van der Waals surface area contributed by atoms with Gasteiger partial charge in [-0.3, -0.25) is 4.79 Å². The Labute approximate surface area is 172 Å². The van der Waals surface area contributed by atoms with Crippen LogP contribution in [0.25, 0.3) is 0 Å². The number of amides is 1. The zero-order valence-electron chi connectivity index (χ0n) is 16.8. The third-order valence-corrected chi connectivity index (χ3v) is 7.27. The van der Waals surface area contributed by atoms with Crippen LogP contribution in [0.3, 0.4) is 0 Å². The molecule has 5 nitrogen and oxygen atoms in total. The van der Waals surface area contributed by atoms with E-state index >= 15 is 0 Å². The number of halogens is 1. The van der Waals surface area contributed by atoms with Crippen LogP contribution < -0.4 is 5.32 Å². The molecule has 1 amide bonds. The summed E-state index contributed by atoms with van der Waals surface area (Å²) in [5.41, 5.74) is 1.80. The van der Waals surface area contributed by atoms with Crippen molar-refractivity contribution in [1.29, 1.82) is 0 Å². The van der Waals surface area contributed by atoms with E-state index in [-0.39, 0.29) is 22.7 Å². The molecule has 2 aromatic carbocycles. The molecule has 0 spiro atoms. The van der Waals surface area contributed by atoms with Gasteiger partial charge < -0.3 is 5.32 Å².